The van der Waals surface area contributed by atoms with Crippen LogP contribution in [-0.2, 0) is 34.1 Å². The fraction of sp³-hybridized carbons (Fsp3) is 0.350. The summed E-state index contributed by atoms with van der Waals surface area (Å²) in [6, 6.07) is 12.3. The molecule has 6 nitrogen and oxygen atoms in total. The number of rotatable bonds is 7. The number of hydrogen-bond donors (Lipinski definition) is 2. The number of carbonyl (C=O) groups is 1. The van der Waals surface area contributed by atoms with Crippen LogP contribution >= 0.6 is 0 Å². The molecular weight excluding hydrogens is 364 g/mol. The standard InChI is InChI=1S/C20H24N2O4S/c21-27(24,25)17-10-8-15(9-11-17)12-13-22-20(23)14-26-19-7-3-5-16-4-1-2-6-18(16)19/h3,5,7-11H,1-2,4,6,12-14H2,(H,22,23)(H2,21,24,25). The molecule has 0 unspecified atom stereocenters. The Labute approximate surface area is 159 Å². The second kappa shape index (κ2) is 8.54. The smallest absolute Gasteiger partial charge is 0.257 e. The van der Waals surface area contributed by atoms with Crippen LogP contribution in [0.1, 0.15) is 29.5 Å². The van der Waals surface area contributed by atoms with Crippen LogP contribution in [0.2, 0.25) is 0 Å². The third-order valence-electron chi connectivity index (χ3n) is 4.70. The molecule has 0 heterocycles. The Balaban J connectivity index is 1.45. The van der Waals surface area contributed by atoms with Crippen molar-refractivity contribution >= 4 is 15.9 Å². The van der Waals surface area contributed by atoms with Gasteiger partial charge in [-0.2, -0.15) is 0 Å². The van der Waals surface area contributed by atoms with Crippen molar-refractivity contribution in [3.8, 4) is 5.75 Å². The van der Waals surface area contributed by atoms with Crippen molar-refractivity contribution in [2.24, 2.45) is 5.14 Å². The third kappa shape index (κ3) is 5.30. The van der Waals surface area contributed by atoms with E-state index in [9.17, 15) is 13.2 Å². The quantitative estimate of drug-likeness (QED) is 0.757. The van der Waals surface area contributed by atoms with Crippen LogP contribution in [0.15, 0.2) is 47.4 Å². The maximum atomic E-state index is 12.0. The lowest BCUT2D eigenvalue weighted by Gasteiger charge is -2.19. The largest absolute Gasteiger partial charge is 0.483 e. The number of carbonyl (C=O) groups excluding carboxylic acids is 1. The van der Waals surface area contributed by atoms with Gasteiger partial charge in [0.15, 0.2) is 6.61 Å². The van der Waals surface area contributed by atoms with Crippen molar-refractivity contribution in [3.05, 3.63) is 59.2 Å². The molecule has 2 aromatic carbocycles. The van der Waals surface area contributed by atoms with Crippen LogP contribution in [0, 0.1) is 0 Å². The molecule has 0 aliphatic heterocycles. The van der Waals surface area contributed by atoms with E-state index < -0.39 is 10.0 Å². The number of hydrogen-bond acceptors (Lipinski definition) is 4. The summed E-state index contributed by atoms with van der Waals surface area (Å²) in [5.74, 6) is 0.630. The van der Waals surface area contributed by atoms with Gasteiger partial charge in [-0.25, -0.2) is 13.6 Å². The van der Waals surface area contributed by atoms with Gasteiger partial charge in [-0.3, -0.25) is 4.79 Å². The lowest BCUT2D eigenvalue weighted by atomic mass is 9.91. The number of nitrogens with one attached hydrogen (secondary N) is 1. The van der Waals surface area contributed by atoms with Gasteiger partial charge in [0, 0.05) is 6.54 Å². The lowest BCUT2D eigenvalue weighted by molar-refractivity contribution is -0.123. The van der Waals surface area contributed by atoms with Crippen molar-refractivity contribution in [1.82, 2.24) is 5.32 Å². The van der Waals surface area contributed by atoms with E-state index in [1.165, 1.54) is 29.7 Å². The summed E-state index contributed by atoms with van der Waals surface area (Å²) < 4.78 is 28.2. The zero-order valence-electron chi connectivity index (χ0n) is 15.1. The number of sulfonamides is 1. The molecule has 0 bridgehead atoms. The number of benzene rings is 2. The minimum absolute atomic E-state index is 0.0131. The molecule has 3 rings (SSSR count). The highest BCUT2D eigenvalue weighted by Gasteiger charge is 2.14. The first-order valence-electron chi connectivity index (χ1n) is 9.05. The molecule has 3 N–H and O–H groups in total. The van der Waals surface area contributed by atoms with Crippen molar-refractivity contribution in [2.75, 3.05) is 13.2 Å². The van der Waals surface area contributed by atoms with E-state index in [1.54, 1.807) is 12.1 Å². The number of primary sulfonamides is 1. The van der Waals surface area contributed by atoms with Crippen LogP contribution in [-0.4, -0.2) is 27.5 Å². The number of ether oxygens (including phenoxy) is 1. The molecule has 0 saturated carbocycles. The van der Waals surface area contributed by atoms with Crippen molar-refractivity contribution in [2.45, 2.75) is 37.0 Å². The van der Waals surface area contributed by atoms with E-state index >= 15 is 0 Å². The molecule has 1 aliphatic rings. The average Bonchev–Trinajstić information content (AvgIpc) is 2.66. The zero-order valence-corrected chi connectivity index (χ0v) is 15.9. The Morgan fingerprint density at radius 3 is 2.56 bits per heavy atom. The van der Waals surface area contributed by atoms with Gasteiger partial charge in [0.1, 0.15) is 5.75 Å². The van der Waals surface area contributed by atoms with Crippen LogP contribution in [0.25, 0.3) is 0 Å². The maximum absolute atomic E-state index is 12.0. The number of aryl methyl sites for hydroxylation is 1. The van der Waals surface area contributed by atoms with E-state index in [0.717, 1.165) is 30.6 Å². The van der Waals surface area contributed by atoms with Crippen molar-refractivity contribution in [1.29, 1.82) is 0 Å². The monoisotopic (exact) mass is 388 g/mol. The Morgan fingerprint density at radius 1 is 1.07 bits per heavy atom. The normalized spacial score (nSPS) is 13.7. The van der Waals surface area contributed by atoms with E-state index in [0.29, 0.717) is 13.0 Å². The average molecular weight is 388 g/mol. The summed E-state index contributed by atoms with van der Waals surface area (Å²) in [4.78, 5) is 12.1. The molecule has 7 heteroatoms. The minimum atomic E-state index is -3.68. The molecule has 0 saturated heterocycles. The number of amides is 1. The fourth-order valence-electron chi connectivity index (χ4n) is 3.27. The summed E-state index contributed by atoms with van der Waals surface area (Å²) >= 11 is 0. The van der Waals surface area contributed by atoms with E-state index in [-0.39, 0.29) is 17.4 Å². The summed E-state index contributed by atoms with van der Waals surface area (Å²) in [6.07, 6.45) is 5.03. The summed E-state index contributed by atoms with van der Waals surface area (Å²) in [5, 5.41) is 7.89. The van der Waals surface area contributed by atoms with Gasteiger partial charge < -0.3 is 10.1 Å². The van der Waals surface area contributed by atoms with E-state index in [2.05, 4.69) is 11.4 Å². The first kappa shape index (κ1) is 19.4. The Kier molecular flexibility index (Phi) is 6.13. The maximum Gasteiger partial charge on any atom is 0.257 e. The van der Waals surface area contributed by atoms with Crippen LogP contribution in [0.4, 0.5) is 0 Å². The van der Waals surface area contributed by atoms with Gasteiger partial charge >= 0.3 is 0 Å². The second-order valence-corrected chi connectivity index (χ2v) is 8.24. The predicted molar refractivity (Wildman–Crippen MR) is 103 cm³/mol. The fourth-order valence-corrected chi connectivity index (χ4v) is 3.78. The first-order valence-corrected chi connectivity index (χ1v) is 10.6. The van der Waals surface area contributed by atoms with Crippen LogP contribution in [0.3, 0.4) is 0 Å². The van der Waals surface area contributed by atoms with Crippen LogP contribution in [0.5, 0.6) is 5.75 Å². The molecule has 2 aromatic rings. The highest BCUT2D eigenvalue weighted by molar-refractivity contribution is 7.89. The molecule has 0 fully saturated rings. The highest BCUT2D eigenvalue weighted by Crippen LogP contribution is 2.29. The predicted octanol–water partition coefficient (Wildman–Crippen LogP) is 1.95. The molecule has 1 amide bonds. The topological polar surface area (TPSA) is 98.5 Å². The number of fused-ring (bicyclic) bond motifs is 1. The summed E-state index contributed by atoms with van der Waals surface area (Å²) in [5.41, 5.74) is 3.47. The molecule has 27 heavy (non-hydrogen) atoms. The van der Waals surface area contributed by atoms with E-state index in [4.69, 9.17) is 9.88 Å². The summed E-state index contributed by atoms with van der Waals surface area (Å²) in [7, 11) is -3.68. The molecule has 0 aromatic heterocycles. The minimum Gasteiger partial charge on any atom is -0.483 e. The Morgan fingerprint density at radius 2 is 1.81 bits per heavy atom. The van der Waals surface area contributed by atoms with Gasteiger partial charge in [0.2, 0.25) is 10.0 Å². The lowest BCUT2D eigenvalue weighted by Crippen LogP contribution is -2.30. The van der Waals surface area contributed by atoms with Crippen LogP contribution < -0.4 is 15.2 Å². The Hall–Kier alpha value is -2.38. The third-order valence-corrected chi connectivity index (χ3v) is 5.63. The SMILES string of the molecule is NS(=O)(=O)c1ccc(CCNC(=O)COc2cccc3c2CCCC3)cc1. The van der Waals surface area contributed by atoms with Gasteiger partial charge in [-0.15, -0.1) is 0 Å². The molecule has 1 aliphatic carbocycles. The molecule has 0 radical (unpaired) electrons. The zero-order chi connectivity index (χ0) is 19.3. The molecular formula is C20H24N2O4S. The van der Waals surface area contributed by atoms with Crippen molar-refractivity contribution < 1.29 is 17.9 Å². The van der Waals surface area contributed by atoms with Gasteiger partial charge in [0.25, 0.3) is 5.91 Å². The first-order chi connectivity index (χ1) is 12.9. The Bertz CT molecular complexity index is 908. The second-order valence-electron chi connectivity index (χ2n) is 6.68. The molecule has 144 valence electrons. The van der Waals surface area contributed by atoms with Gasteiger partial charge in [-0.1, -0.05) is 24.3 Å². The highest BCUT2D eigenvalue weighted by atomic mass is 32.2. The molecule has 0 atom stereocenters. The van der Waals surface area contributed by atoms with Gasteiger partial charge in [-0.05, 0) is 67.0 Å². The van der Waals surface area contributed by atoms with Gasteiger partial charge in [0.05, 0.1) is 4.90 Å². The summed E-state index contributed by atoms with van der Waals surface area (Å²) in [6.45, 7) is 0.435. The van der Waals surface area contributed by atoms with Crippen molar-refractivity contribution in [3.63, 3.8) is 0 Å². The van der Waals surface area contributed by atoms with E-state index in [1.807, 2.05) is 12.1 Å². The number of nitrogens with two attached hydrogens (primary N) is 1. The molecule has 0 spiro atoms.